The minimum Gasteiger partial charge on any atom is -0.480 e. The van der Waals surface area contributed by atoms with E-state index in [9.17, 15) is 33.9 Å². The van der Waals surface area contributed by atoms with Gasteiger partial charge in [-0.3, -0.25) is 24.0 Å². The highest BCUT2D eigenvalue weighted by Crippen LogP contribution is 2.06. The van der Waals surface area contributed by atoms with E-state index >= 15 is 0 Å². The number of hydrogen-bond donors (Lipinski definition) is 7. The summed E-state index contributed by atoms with van der Waals surface area (Å²) in [6.07, 6.45) is -0.666. The van der Waals surface area contributed by atoms with Crippen molar-refractivity contribution in [3.63, 3.8) is 0 Å². The number of hydrogen-bond acceptors (Lipinski definition) is 7. The lowest BCUT2D eigenvalue weighted by Gasteiger charge is -2.22. The van der Waals surface area contributed by atoms with Crippen LogP contribution in [0.3, 0.4) is 0 Å². The highest BCUT2D eigenvalue weighted by atomic mass is 16.4. The zero-order valence-electron chi connectivity index (χ0n) is 17.0. The molecule has 0 fully saturated rings. The van der Waals surface area contributed by atoms with E-state index in [1.54, 1.807) is 13.8 Å². The van der Waals surface area contributed by atoms with Gasteiger partial charge in [-0.15, -0.1) is 0 Å². The van der Waals surface area contributed by atoms with Crippen LogP contribution in [0.25, 0.3) is 0 Å². The molecule has 13 nitrogen and oxygen atoms in total. The number of carboxylic acid groups (broad SMARTS) is 1. The summed E-state index contributed by atoms with van der Waals surface area (Å²) in [4.78, 5) is 69.4. The van der Waals surface area contributed by atoms with E-state index in [4.69, 9.17) is 17.2 Å². The third-order valence-electron chi connectivity index (χ3n) is 3.83. The van der Waals surface area contributed by atoms with Crippen molar-refractivity contribution in [3.05, 3.63) is 0 Å². The molecule has 5 amide bonds. The molecule has 0 radical (unpaired) electrons. The molecular weight excluding hydrogens is 400 g/mol. The van der Waals surface area contributed by atoms with Gasteiger partial charge in [-0.25, -0.2) is 4.79 Å². The Bertz CT molecular complexity index is 667. The van der Waals surface area contributed by atoms with E-state index in [-0.39, 0.29) is 25.2 Å². The maximum atomic E-state index is 12.5. The van der Waals surface area contributed by atoms with E-state index < -0.39 is 66.6 Å². The van der Waals surface area contributed by atoms with Crippen LogP contribution in [0, 0.1) is 5.92 Å². The van der Waals surface area contributed by atoms with Gasteiger partial charge in [-0.05, 0) is 18.8 Å². The summed E-state index contributed by atoms with van der Waals surface area (Å²) in [6, 6.07) is -3.68. The van der Waals surface area contributed by atoms with Crippen molar-refractivity contribution in [2.24, 2.45) is 23.1 Å². The molecule has 30 heavy (non-hydrogen) atoms. The van der Waals surface area contributed by atoms with Crippen LogP contribution in [-0.2, 0) is 28.8 Å². The lowest BCUT2D eigenvalue weighted by atomic mass is 10.0. The van der Waals surface area contributed by atoms with Crippen molar-refractivity contribution in [2.45, 2.75) is 57.7 Å². The summed E-state index contributed by atoms with van der Waals surface area (Å²) in [7, 11) is 0. The van der Waals surface area contributed by atoms with Gasteiger partial charge < -0.3 is 38.3 Å². The van der Waals surface area contributed by atoms with Gasteiger partial charge in [0, 0.05) is 6.42 Å². The Balaban J connectivity index is 4.98. The Labute approximate surface area is 173 Å². The van der Waals surface area contributed by atoms with E-state index in [1.807, 2.05) is 0 Å². The number of amides is 5. The standard InChI is InChI=1S/C17H30N6O7/c1-8(2)5-11(17(29)30)23-16(28)10(3-4-12(19)24)22-14(26)7-21-15(27)9(18)6-13(20)25/h8-11H,3-7,18H2,1-2H3,(H2,19,24)(H2,20,25)(H,21,27)(H,22,26)(H,23,28)(H,29,30). The zero-order valence-corrected chi connectivity index (χ0v) is 17.0. The fraction of sp³-hybridized carbons (Fsp3) is 0.647. The lowest BCUT2D eigenvalue weighted by molar-refractivity contribution is -0.142. The third kappa shape index (κ3) is 11.6. The molecule has 0 spiro atoms. The number of nitrogens with one attached hydrogen (secondary N) is 3. The van der Waals surface area contributed by atoms with Crippen LogP contribution in [0.2, 0.25) is 0 Å². The van der Waals surface area contributed by atoms with Gasteiger partial charge in [-0.1, -0.05) is 13.8 Å². The van der Waals surface area contributed by atoms with E-state index in [2.05, 4.69) is 16.0 Å². The van der Waals surface area contributed by atoms with Gasteiger partial charge in [0.25, 0.3) is 0 Å². The minimum atomic E-state index is -1.25. The van der Waals surface area contributed by atoms with Crippen molar-refractivity contribution in [3.8, 4) is 0 Å². The van der Waals surface area contributed by atoms with Crippen LogP contribution < -0.4 is 33.2 Å². The van der Waals surface area contributed by atoms with Crippen LogP contribution in [0.5, 0.6) is 0 Å². The summed E-state index contributed by atoms with van der Waals surface area (Å²) in [5.41, 5.74) is 15.4. The van der Waals surface area contributed by atoms with E-state index in [1.165, 1.54) is 0 Å². The van der Waals surface area contributed by atoms with Gasteiger partial charge >= 0.3 is 5.97 Å². The minimum absolute atomic E-state index is 0.0233. The molecule has 0 aromatic rings. The molecule has 0 rings (SSSR count). The van der Waals surface area contributed by atoms with Crippen LogP contribution in [0.1, 0.15) is 39.5 Å². The summed E-state index contributed by atoms with van der Waals surface area (Å²) in [5, 5.41) is 16.0. The van der Waals surface area contributed by atoms with E-state index in [0.717, 1.165) is 0 Å². The van der Waals surface area contributed by atoms with Crippen molar-refractivity contribution in [2.75, 3.05) is 6.54 Å². The Kier molecular flexibility index (Phi) is 11.7. The Morgan fingerprint density at radius 3 is 1.97 bits per heavy atom. The predicted molar refractivity (Wildman–Crippen MR) is 104 cm³/mol. The second-order valence-electron chi connectivity index (χ2n) is 7.15. The Hall–Kier alpha value is -3.22. The molecule has 0 aromatic carbocycles. The second-order valence-corrected chi connectivity index (χ2v) is 7.15. The first-order valence-electron chi connectivity index (χ1n) is 9.25. The number of primary amides is 2. The summed E-state index contributed by atoms with van der Waals surface area (Å²) in [5.74, 6) is -5.18. The highest BCUT2D eigenvalue weighted by Gasteiger charge is 2.27. The fourth-order valence-electron chi connectivity index (χ4n) is 2.37. The first-order chi connectivity index (χ1) is 13.8. The van der Waals surface area contributed by atoms with Crippen molar-refractivity contribution < 1.29 is 33.9 Å². The average Bonchev–Trinajstić information content (AvgIpc) is 2.61. The number of carbonyl (C=O) groups is 6. The van der Waals surface area contributed by atoms with Crippen molar-refractivity contribution in [1.82, 2.24) is 16.0 Å². The van der Waals surface area contributed by atoms with Gasteiger partial charge in [0.15, 0.2) is 0 Å². The smallest absolute Gasteiger partial charge is 0.326 e. The quantitative estimate of drug-likeness (QED) is 0.147. The van der Waals surface area contributed by atoms with Crippen LogP contribution in [0.15, 0.2) is 0 Å². The van der Waals surface area contributed by atoms with Gasteiger partial charge in [0.1, 0.15) is 12.1 Å². The molecule has 0 bridgehead atoms. The van der Waals surface area contributed by atoms with Crippen LogP contribution in [-0.4, -0.2) is 65.3 Å². The topological polar surface area (TPSA) is 237 Å². The fourth-order valence-corrected chi connectivity index (χ4v) is 2.37. The average molecular weight is 430 g/mol. The molecule has 0 aliphatic heterocycles. The molecular formula is C17H30N6O7. The molecule has 13 heteroatoms. The van der Waals surface area contributed by atoms with Gasteiger partial charge in [0.05, 0.1) is 19.0 Å². The molecule has 0 heterocycles. The normalized spacial score (nSPS) is 13.6. The molecule has 0 aromatic heterocycles. The maximum absolute atomic E-state index is 12.5. The second kappa shape index (κ2) is 13.1. The summed E-state index contributed by atoms with van der Waals surface area (Å²) < 4.78 is 0. The molecule has 170 valence electrons. The number of carboxylic acids is 1. The van der Waals surface area contributed by atoms with E-state index in [0.29, 0.717) is 0 Å². The van der Waals surface area contributed by atoms with Crippen LogP contribution >= 0.6 is 0 Å². The number of nitrogens with two attached hydrogens (primary N) is 3. The molecule has 0 aliphatic carbocycles. The first-order valence-corrected chi connectivity index (χ1v) is 9.25. The van der Waals surface area contributed by atoms with Crippen LogP contribution in [0.4, 0.5) is 0 Å². The molecule has 0 aliphatic rings. The van der Waals surface area contributed by atoms with Crippen molar-refractivity contribution in [1.29, 1.82) is 0 Å². The molecule has 0 saturated heterocycles. The highest BCUT2D eigenvalue weighted by molar-refractivity contribution is 5.93. The monoisotopic (exact) mass is 430 g/mol. The zero-order chi connectivity index (χ0) is 23.4. The third-order valence-corrected chi connectivity index (χ3v) is 3.83. The largest absolute Gasteiger partial charge is 0.480 e. The molecule has 3 atom stereocenters. The van der Waals surface area contributed by atoms with Gasteiger partial charge in [-0.2, -0.15) is 0 Å². The van der Waals surface area contributed by atoms with Gasteiger partial charge in [0.2, 0.25) is 29.5 Å². The summed E-state index contributed by atoms with van der Waals surface area (Å²) in [6.45, 7) is 2.99. The lowest BCUT2D eigenvalue weighted by Crippen LogP contribution is -2.54. The SMILES string of the molecule is CC(C)CC(NC(=O)C(CCC(N)=O)NC(=O)CNC(=O)C(N)CC(N)=O)C(=O)O. The summed E-state index contributed by atoms with van der Waals surface area (Å²) >= 11 is 0. The molecule has 0 saturated carbocycles. The number of rotatable bonds is 14. The first kappa shape index (κ1) is 26.8. The number of carbonyl (C=O) groups excluding carboxylic acids is 5. The molecule has 3 unspecified atom stereocenters. The van der Waals surface area contributed by atoms with Crippen molar-refractivity contribution >= 4 is 35.5 Å². The Morgan fingerprint density at radius 2 is 1.50 bits per heavy atom. The Morgan fingerprint density at radius 1 is 0.900 bits per heavy atom. The molecule has 10 N–H and O–H groups in total. The maximum Gasteiger partial charge on any atom is 0.326 e. The predicted octanol–water partition coefficient (Wildman–Crippen LogP) is -3.33. The number of aliphatic carboxylic acids is 1.